The molecule has 0 radical (unpaired) electrons. The van der Waals surface area contributed by atoms with E-state index in [0.29, 0.717) is 37.3 Å². The highest BCUT2D eigenvalue weighted by Gasteiger charge is 2.28. The minimum atomic E-state index is -0.499. The monoisotopic (exact) mass is 368 g/mol. The number of pyridine rings is 1. The third kappa shape index (κ3) is 4.46. The van der Waals surface area contributed by atoms with Gasteiger partial charge in [0.2, 0.25) is 5.91 Å². The molecule has 0 spiro atoms. The maximum Gasteiger partial charge on any atom is 0.269 e. The van der Waals surface area contributed by atoms with E-state index < -0.39 is 4.92 Å². The molecule has 1 aliphatic rings. The number of anilines is 1. The average molecular weight is 368 g/mol. The maximum absolute atomic E-state index is 12.5. The number of aromatic nitrogens is 1. The lowest BCUT2D eigenvalue weighted by Crippen LogP contribution is -2.41. The van der Waals surface area contributed by atoms with Crippen LogP contribution in [0.25, 0.3) is 0 Å². The van der Waals surface area contributed by atoms with E-state index in [0.717, 1.165) is 5.56 Å². The van der Waals surface area contributed by atoms with Crippen LogP contribution >= 0.6 is 0 Å². The third-order valence-corrected chi connectivity index (χ3v) is 4.64. The van der Waals surface area contributed by atoms with E-state index in [1.165, 1.54) is 24.3 Å². The van der Waals surface area contributed by atoms with Gasteiger partial charge in [0, 0.05) is 42.9 Å². The van der Waals surface area contributed by atoms with Crippen LogP contribution in [0.15, 0.2) is 42.6 Å². The lowest BCUT2D eigenvalue weighted by molar-refractivity contribution is -0.384. The van der Waals surface area contributed by atoms with Crippen LogP contribution in [0.3, 0.4) is 0 Å². The highest BCUT2D eigenvalue weighted by Crippen LogP contribution is 2.21. The van der Waals surface area contributed by atoms with Crippen molar-refractivity contribution in [2.75, 3.05) is 18.4 Å². The molecule has 3 rings (SSSR count). The minimum absolute atomic E-state index is 0.0494. The Morgan fingerprint density at radius 3 is 2.44 bits per heavy atom. The van der Waals surface area contributed by atoms with Crippen LogP contribution in [0, 0.1) is 23.0 Å². The molecule has 2 aromatic rings. The fourth-order valence-electron chi connectivity index (χ4n) is 3.09. The van der Waals surface area contributed by atoms with Gasteiger partial charge in [-0.15, -0.1) is 0 Å². The van der Waals surface area contributed by atoms with Crippen molar-refractivity contribution in [3.63, 3.8) is 0 Å². The summed E-state index contributed by atoms with van der Waals surface area (Å²) >= 11 is 0. The lowest BCUT2D eigenvalue weighted by atomic mass is 9.95. The molecular weight excluding hydrogens is 348 g/mol. The molecular formula is C19H20N4O4. The fourth-order valence-corrected chi connectivity index (χ4v) is 3.09. The van der Waals surface area contributed by atoms with Gasteiger partial charge in [-0.1, -0.05) is 0 Å². The van der Waals surface area contributed by atoms with Crippen molar-refractivity contribution in [3.8, 4) is 0 Å². The van der Waals surface area contributed by atoms with Gasteiger partial charge in [-0.05, 0) is 49.6 Å². The van der Waals surface area contributed by atoms with Crippen LogP contribution in [-0.2, 0) is 4.79 Å². The van der Waals surface area contributed by atoms with Gasteiger partial charge in [0.15, 0.2) is 0 Å². The van der Waals surface area contributed by atoms with E-state index in [4.69, 9.17) is 0 Å². The number of hydrogen-bond donors (Lipinski definition) is 1. The molecule has 27 heavy (non-hydrogen) atoms. The highest BCUT2D eigenvalue weighted by atomic mass is 16.6. The van der Waals surface area contributed by atoms with E-state index in [1.807, 2.05) is 19.1 Å². The first kappa shape index (κ1) is 18.5. The summed E-state index contributed by atoms with van der Waals surface area (Å²) in [5.74, 6) is 0.0947. The first-order valence-corrected chi connectivity index (χ1v) is 8.71. The molecule has 1 aliphatic heterocycles. The smallest absolute Gasteiger partial charge is 0.269 e. The van der Waals surface area contributed by atoms with Crippen LogP contribution in [0.2, 0.25) is 0 Å². The quantitative estimate of drug-likeness (QED) is 0.660. The van der Waals surface area contributed by atoms with Crippen LogP contribution in [-0.4, -0.2) is 39.7 Å². The molecule has 140 valence electrons. The van der Waals surface area contributed by atoms with Crippen LogP contribution < -0.4 is 5.32 Å². The number of non-ortho nitro benzene ring substituents is 1. The second-order valence-corrected chi connectivity index (χ2v) is 6.58. The number of carbonyl (C=O) groups excluding carboxylic acids is 2. The van der Waals surface area contributed by atoms with Crippen LogP contribution in [0.5, 0.6) is 0 Å². The lowest BCUT2D eigenvalue weighted by Gasteiger charge is -2.31. The number of nitrogens with zero attached hydrogens (tertiary/aromatic N) is 3. The van der Waals surface area contributed by atoms with E-state index in [-0.39, 0.29) is 23.4 Å². The Balaban J connectivity index is 1.55. The summed E-state index contributed by atoms with van der Waals surface area (Å²) in [4.78, 5) is 41.0. The molecule has 1 aromatic heterocycles. The van der Waals surface area contributed by atoms with Gasteiger partial charge in [-0.2, -0.15) is 0 Å². The van der Waals surface area contributed by atoms with Crippen molar-refractivity contribution < 1.29 is 14.5 Å². The molecule has 0 unspecified atom stereocenters. The normalized spacial score (nSPS) is 14.6. The van der Waals surface area contributed by atoms with Crippen molar-refractivity contribution in [2.45, 2.75) is 19.8 Å². The second-order valence-electron chi connectivity index (χ2n) is 6.58. The largest absolute Gasteiger partial charge is 0.339 e. The van der Waals surface area contributed by atoms with E-state index >= 15 is 0 Å². The number of benzene rings is 1. The molecule has 1 fully saturated rings. The van der Waals surface area contributed by atoms with Gasteiger partial charge in [0.25, 0.3) is 11.6 Å². The maximum atomic E-state index is 12.5. The fraction of sp³-hybridized carbons (Fsp3) is 0.316. The molecule has 0 saturated carbocycles. The van der Waals surface area contributed by atoms with Gasteiger partial charge in [-0.25, -0.2) is 4.98 Å². The van der Waals surface area contributed by atoms with E-state index in [9.17, 15) is 19.7 Å². The van der Waals surface area contributed by atoms with Crippen LogP contribution in [0.1, 0.15) is 28.8 Å². The molecule has 0 atom stereocenters. The first-order valence-electron chi connectivity index (χ1n) is 8.71. The number of hydrogen-bond acceptors (Lipinski definition) is 5. The summed E-state index contributed by atoms with van der Waals surface area (Å²) < 4.78 is 0. The zero-order valence-corrected chi connectivity index (χ0v) is 14.9. The van der Waals surface area contributed by atoms with Crippen molar-refractivity contribution >= 4 is 23.3 Å². The van der Waals surface area contributed by atoms with Crippen LogP contribution in [0.4, 0.5) is 11.5 Å². The van der Waals surface area contributed by atoms with Crippen molar-refractivity contribution in [2.24, 2.45) is 5.92 Å². The molecule has 0 aliphatic carbocycles. The zero-order valence-electron chi connectivity index (χ0n) is 14.9. The average Bonchev–Trinajstić information content (AvgIpc) is 2.67. The van der Waals surface area contributed by atoms with Gasteiger partial charge in [0.1, 0.15) is 5.82 Å². The molecule has 2 heterocycles. The van der Waals surface area contributed by atoms with Gasteiger partial charge in [-0.3, -0.25) is 19.7 Å². The van der Waals surface area contributed by atoms with Crippen molar-refractivity contribution in [1.29, 1.82) is 0 Å². The zero-order chi connectivity index (χ0) is 19.4. The number of carbonyl (C=O) groups is 2. The van der Waals surface area contributed by atoms with Gasteiger partial charge < -0.3 is 10.2 Å². The summed E-state index contributed by atoms with van der Waals surface area (Å²) in [5.41, 5.74) is 1.38. The Bertz CT molecular complexity index is 858. The summed E-state index contributed by atoms with van der Waals surface area (Å²) in [6.07, 6.45) is 2.78. The van der Waals surface area contributed by atoms with E-state index in [2.05, 4.69) is 10.3 Å². The number of nitro benzene ring substituents is 1. The minimum Gasteiger partial charge on any atom is -0.339 e. The number of aryl methyl sites for hydroxylation is 1. The van der Waals surface area contributed by atoms with Crippen molar-refractivity contribution in [1.82, 2.24) is 9.88 Å². The number of likely N-dealkylation sites (tertiary alicyclic amines) is 1. The number of amides is 2. The van der Waals surface area contributed by atoms with Crippen molar-refractivity contribution in [3.05, 3.63) is 63.8 Å². The number of nitrogens with one attached hydrogen (secondary N) is 1. The summed E-state index contributed by atoms with van der Waals surface area (Å²) in [7, 11) is 0. The molecule has 0 bridgehead atoms. The highest BCUT2D eigenvalue weighted by molar-refractivity contribution is 5.95. The second kappa shape index (κ2) is 7.94. The molecule has 8 heteroatoms. The topological polar surface area (TPSA) is 105 Å². The predicted octanol–water partition coefficient (Wildman–Crippen LogP) is 2.79. The number of piperidine rings is 1. The molecule has 1 aromatic carbocycles. The number of nitro groups is 1. The first-order chi connectivity index (χ1) is 12.9. The number of rotatable bonds is 4. The Kier molecular flexibility index (Phi) is 5.44. The Labute approximate surface area is 156 Å². The summed E-state index contributed by atoms with van der Waals surface area (Å²) in [6.45, 7) is 2.87. The Hall–Kier alpha value is -3.29. The third-order valence-electron chi connectivity index (χ3n) is 4.64. The summed E-state index contributed by atoms with van der Waals surface area (Å²) in [6, 6.07) is 9.24. The SMILES string of the molecule is Cc1ccnc(NC(=O)C2CCN(C(=O)c3ccc([N+](=O)[O-])cc3)CC2)c1. The predicted molar refractivity (Wildman–Crippen MR) is 99.3 cm³/mol. The Morgan fingerprint density at radius 2 is 1.85 bits per heavy atom. The summed E-state index contributed by atoms with van der Waals surface area (Å²) in [5, 5.41) is 13.5. The molecule has 1 N–H and O–H groups in total. The molecule has 2 amide bonds. The Morgan fingerprint density at radius 1 is 1.19 bits per heavy atom. The molecule has 8 nitrogen and oxygen atoms in total. The molecule has 1 saturated heterocycles. The van der Waals surface area contributed by atoms with Gasteiger partial charge >= 0.3 is 0 Å². The van der Waals surface area contributed by atoms with E-state index in [1.54, 1.807) is 11.1 Å². The standard InChI is InChI=1S/C19H20N4O4/c1-13-6-9-20-17(12-13)21-18(24)14-7-10-22(11-8-14)19(25)15-2-4-16(5-3-15)23(26)27/h2-6,9,12,14H,7-8,10-11H2,1H3,(H,20,21,24). The van der Waals surface area contributed by atoms with Gasteiger partial charge in [0.05, 0.1) is 4.92 Å².